The molecule has 0 aliphatic heterocycles. The van der Waals surface area contributed by atoms with Gasteiger partial charge in [-0.1, -0.05) is 23.2 Å². The van der Waals surface area contributed by atoms with E-state index in [1.165, 1.54) is 18.2 Å². The van der Waals surface area contributed by atoms with Gasteiger partial charge in [-0.05, 0) is 18.2 Å². The summed E-state index contributed by atoms with van der Waals surface area (Å²) in [6.07, 6.45) is 0. The molecule has 1 rings (SSSR count). The van der Waals surface area contributed by atoms with E-state index >= 15 is 0 Å². The monoisotopic (exact) mass is 225 g/mol. The number of anilines is 1. The standard InChI is InChI=1S/C6H5Cl2NO2S/c7-4-1-5(8)3-6(2-4)9-12(10)11/h1-3,9H,(H,10,11). The van der Waals surface area contributed by atoms with Gasteiger partial charge in [0.25, 0.3) is 11.3 Å². The fourth-order valence-electron chi connectivity index (χ4n) is 0.714. The van der Waals surface area contributed by atoms with Gasteiger partial charge in [0, 0.05) is 10.0 Å². The van der Waals surface area contributed by atoms with Crippen LogP contribution in [0.4, 0.5) is 5.69 Å². The molecule has 12 heavy (non-hydrogen) atoms. The summed E-state index contributed by atoms with van der Waals surface area (Å²) < 4.78 is 21.0. The Hall–Kier alpha value is -0.290. The lowest BCUT2D eigenvalue weighted by Gasteiger charge is -2.01. The third-order valence-corrected chi connectivity index (χ3v) is 1.91. The predicted molar refractivity (Wildman–Crippen MR) is 50.9 cm³/mol. The Bertz CT molecular complexity index is 298. The van der Waals surface area contributed by atoms with Crippen molar-refractivity contribution in [3.05, 3.63) is 28.2 Å². The van der Waals surface area contributed by atoms with E-state index in [1.54, 1.807) is 0 Å². The van der Waals surface area contributed by atoms with Crippen LogP contribution in [0.5, 0.6) is 0 Å². The zero-order valence-corrected chi connectivity index (χ0v) is 8.08. The van der Waals surface area contributed by atoms with E-state index in [-0.39, 0.29) is 0 Å². The lowest BCUT2D eigenvalue weighted by Crippen LogP contribution is -2.01. The Morgan fingerprint density at radius 3 is 2.17 bits per heavy atom. The van der Waals surface area contributed by atoms with Crippen LogP contribution in [-0.4, -0.2) is 8.76 Å². The average Bonchev–Trinajstić information content (AvgIpc) is 1.81. The predicted octanol–water partition coefficient (Wildman–Crippen LogP) is 2.54. The zero-order valence-electron chi connectivity index (χ0n) is 5.75. The van der Waals surface area contributed by atoms with E-state index in [4.69, 9.17) is 27.8 Å². The van der Waals surface area contributed by atoms with Gasteiger partial charge in [-0.2, -0.15) is 0 Å². The molecule has 1 aromatic rings. The molecule has 0 fully saturated rings. The Balaban J connectivity index is 2.93. The minimum Gasteiger partial charge on any atom is -0.289 e. The summed E-state index contributed by atoms with van der Waals surface area (Å²) in [5, 5.41) is 0.825. The highest BCUT2D eigenvalue weighted by molar-refractivity contribution is 7.80. The van der Waals surface area contributed by atoms with Gasteiger partial charge < -0.3 is 0 Å². The highest BCUT2D eigenvalue weighted by atomic mass is 35.5. The molecule has 0 aliphatic rings. The molecule has 0 aliphatic carbocycles. The van der Waals surface area contributed by atoms with Crippen LogP contribution in [0.2, 0.25) is 10.0 Å². The van der Waals surface area contributed by atoms with E-state index in [0.29, 0.717) is 15.7 Å². The molecule has 6 heteroatoms. The Morgan fingerprint density at radius 2 is 1.75 bits per heavy atom. The topological polar surface area (TPSA) is 49.3 Å². The zero-order chi connectivity index (χ0) is 9.14. The van der Waals surface area contributed by atoms with Crippen molar-refractivity contribution in [2.75, 3.05) is 4.72 Å². The molecule has 0 heterocycles. The summed E-state index contributed by atoms with van der Waals surface area (Å²) >= 11 is 9.16. The number of rotatable bonds is 2. The molecule has 0 saturated heterocycles. The van der Waals surface area contributed by atoms with Crippen molar-refractivity contribution in [1.29, 1.82) is 0 Å². The minimum atomic E-state index is -2.10. The summed E-state index contributed by atoms with van der Waals surface area (Å²) in [6.45, 7) is 0. The van der Waals surface area contributed by atoms with Crippen molar-refractivity contribution < 1.29 is 8.76 Å². The first-order valence-electron chi connectivity index (χ1n) is 2.91. The number of halogens is 2. The molecule has 2 N–H and O–H groups in total. The molecule has 0 radical (unpaired) electrons. The first-order chi connectivity index (χ1) is 5.58. The Morgan fingerprint density at radius 1 is 1.25 bits per heavy atom. The molecule has 1 aromatic carbocycles. The van der Waals surface area contributed by atoms with E-state index in [2.05, 4.69) is 4.72 Å². The van der Waals surface area contributed by atoms with Crippen LogP contribution in [0.15, 0.2) is 18.2 Å². The van der Waals surface area contributed by atoms with Crippen LogP contribution < -0.4 is 4.72 Å². The highest BCUT2D eigenvalue weighted by Gasteiger charge is 1.99. The Kier molecular flexibility index (Phi) is 3.34. The van der Waals surface area contributed by atoms with E-state index in [9.17, 15) is 4.21 Å². The van der Waals surface area contributed by atoms with Crippen molar-refractivity contribution in [3.63, 3.8) is 0 Å². The molecular weight excluding hydrogens is 221 g/mol. The number of hydrogen-bond donors (Lipinski definition) is 2. The van der Waals surface area contributed by atoms with Gasteiger partial charge in [0.1, 0.15) is 0 Å². The number of nitrogens with one attached hydrogen (secondary N) is 1. The van der Waals surface area contributed by atoms with Crippen LogP contribution in [0, 0.1) is 0 Å². The van der Waals surface area contributed by atoms with Crippen LogP contribution >= 0.6 is 23.2 Å². The minimum absolute atomic E-state index is 0.410. The van der Waals surface area contributed by atoms with E-state index in [1.807, 2.05) is 0 Å². The molecule has 0 saturated carbocycles. The summed E-state index contributed by atoms with van der Waals surface area (Å²) in [5.74, 6) is 0. The third kappa shape index (κ3) is 2.98. The lowest BCUT2D eigenvalue weighted by atomic mass is 10.3. The molecule has 0 aromatic heterocycles. The fourth-order valence-corrected chi connectivity index (χ4v) is 1.56. The summed E-state index contributed by atoms with van der Waals surface area (Å²) in [6, 6.07) is 4.54. The SMILES string of the molecule is O=S(O)Nc1cc(Cl)cc(Cl)c1. The molecule has 0 spiro atoms. The van der Waals surface area contributed by atoms with Crippen molar-refractivity contribution in [2.24, 2.45) is 0 Å². The van der Waals surface area contributed by atoms with Gasteiger partial charge in [-0.25, -0.2) is 4.21 Å². The maximum atomic E-state index is 10.3. The fraction of sp³-hybridized carbons (Fsp3) is 0. The largest absolute Gasteiger partial charge is 0.289 e. The molecule has 1 unspecified atom stereocenters. The highest BCUT2D eigenvalue weighted by Crippen LogP contribution is 2.22. The van der Waals surface area contributed by atoms with Crippen molar-refractivity contribution in [3.8, 4) is 0 Å². The summed E-state index contributed by atoms with van der Waals surface area (Å²) in [7, 11) is 0. The van der Waals surface area contributed by atoms with Crippen LogP contribution in [-0.2, 0) is 11.3 Å². The van der Waals surface area contributed by atoms with Crippen LogP contribution in [0.3, 0.4) is 0 Å². The van der Waals surface area contributed by atoms with Gasteiger partial charge in [-0.15, -0.1) is 0 Å². The quantitative estimate of drug-likeness (QED) is 0.761. The summed E-state index contributed by atoms with van der Waals surface area (Å²) in [4.78, 5) is 0. The van der Waals surface area contributed by atoms with Crippen molar-refractivity contribution in [1.82, 2.24) is 0 Å². The summed E-state index contributed by atoms with van der Waals surface area (Å²) in [5.41, 5.74) is 0.410. The van der Waals surface area contributed by atoms with Gasteiger partial charge in [0.15, 0.2) is 0 Å². The average molecular weight is 226 g/mol. The maximum absolute atomic E-state index is 10.3. The second-order valence-corrected chi connectivity index (χ2v) is 3.58. The third-order valence-electron chi connectivity index (χ3n) is 1.07. The normalized spacial score (nSPS) is 12.6. The van der Waals surface area contributed by atoms with Crippen LogP contribution in [0.25, 0.3) is 0 Å². The molecule has 66 valence electrons. The second-order valence-electron chi connectivity index (χ2n) is 2.01. The van der Waals surface area contributed by atoms with Gasteiger partial charge >= 0.3 is 0 Å². The van der Waals surface area contributed by atoms with Crippen LogP contribution in [0.1, 0.15) is 0 Å². The van der Waals surface area contributed by atoms with Crippen molar-refractivity contribution in [2.45, 2.75) is 0 Å². The van der Waals surface area contributed by atoms with Gasteiger partial charge in [-0.3, -0.25) is 9.27 Å². The maximum Gasteiger partial charge on any atom is 0.259 e. The second kappa shape index (κ2) is 4.09. The number of hydrogen-bond acceptors (Lipinski definition) is 1. The van der Waals surface area contributed by atoms with Gasteiger partial charge in [0.05, 0.1) is 5.69 Å². The van der Waals surface area contributed by atoms with Gasteiger partial charge in [0.2, 0.25) is 0 Å². The first-order valence-corrected chi connectivity index (χ1v) is 4.78. The smallest absolute Gasteiger partial charge is 0.259 e. The first kappa shape index (κ1) is 9.80. The molecule has 0 bridgehead atoms. The Labute approximate surface area is 82.1 Å². The van der Waals surface area contributed by atoms with Crippen molar-refractivity contribution >= 4 is 40.2 Å². The molecule has 1 atom stereocenters. The molecule has 0 amide bonds. The number of benzene rings is 1. The van der Waals surface area contributed by atoms with E-state index in [0.717, 1.165) is 0 Å². The lowest BCUT2D eigenvalue weighted by molar-refractivity contribution is 0.570. The molecule has 3 nitrogen and oxygen atoms in total. The van der Waals surface area contributed by atoms with E-state index < -0.39 is 11.3 Å². The molecular formula is C6H5Cl2NO2S.